The SMILES string of the molecule is CCOC(=O)N1CCN(C2=N[C@@H](Cc3ccccc3)C(=O)N2c2ccc(OC)cc2OC)CC1. The average Bonchev–Trinajstić information content (AvgIpc) is 3.19. The molecular formula is C25H30N4O5. The maximum atomic E-state index is 13.7. The summed E-state index contributed by atoms with van der Waals surface area (Å²) in [7, 11) is 3.15. The smallest absolute Gasteiger partial charge is 0.409 e. The van der Waals surface area contributed by atoms with Crippen LogP contribution >= 0.6 is 0 Å². The predicted molar refractivity (Wildman–Crippen MR) is 129 cm³/mol. The molecule has 34 heavy (non-hydrogen) atoms. The zero-order chi connectivity index (χ0) is 24.1. The van der Waals surface area contributed by atoms with E-state index < -0.39 is 6.04 Å². The number of carbonyl (C=O) groups is 2. The standard InChI is InChI=1S/C25H30N4O5/c1-4-34-25(31)28-14-12-27(13-15-28)24-26-20(16-18-8-6-5-7-9-18)23(30)29(24)21-11-10-19(32-2)17-22(21)33-3/h5-11,17,20H,4,12-16H2,1-3H3/t20-/m0/s1. The Bertz CT molecular complexity index is 1050. The van der Waals surface area contributed by atoms with E-state index in [2.05, 4.69) is 0 Å². The minimum Gasteiger partial charge on any atom is -0.497 e. The van der Waals surface area contributed by atoms with Crippen molar-refractivity contribution in [1.29, 1.82) is 0 Å². The largest absolute Gasteiger partial charge is 0.497 e. The highest BCUT2D eigenvalue weighted by Crippen LogP contribution is 2.36. The van der Waals surface area contributed by atoms with Gasteiger partial charge in [-0.25, -0.2) is 14.7 Å². The molecule has 9 nitrogen and oxygen atoms in total. The number of nitrogens with zero attached hydrogens (tertiary/aromatic N) is 4. The van der Waals surface area contributed by atoms with Crippen molar-refractivity contribution < 1.29 is 23.8 Å². The molecule has 0 unspecified atom stereocenters. The Morgan fingerprint density at radius 2 is 1.76 bits per heavy atom. The lowest BCUT2D eigenvalue weighted by atomic mass is 10.1. The van der Waals surface area contributed by atoms with Gasteiger partial charge in [-0.05, 0) is 24.6 Å². The van der Waals surface area contributed by atoms with Gasteiger partial charge in [0.05, 0.1) is 26.5 Å². The summed E-state index contributed by atoms with van der Waals surface area (Å²) in [4.78, 5) is 36.0. The van der Waals surface area contributed by atoms with E-state index in [1.54, 1.807) is 43.1 Å². The van der Waals surface area contributed by atoms with Crippen LogP contribution in [0.3, 0.4) is 0 Å². The molecule has 0 aliphatic carbocycles. The molecule has 180 valence electrons. The van der Waals surface area contributed by atoms with Gasteiger partial charge in [-0.15, -0.1) is 0 Å². The molecule has 2 aliphatic heterocycles. The summed E-state index contributed by atoms with van der Waals surface area (Å²) in [5.41, 5.74) is 1.65. The highest BCUT2D eigenvalue weighted by atomic mass is 16.6. The summed E-state index contributed by atoms with van der Waals surface area (Å²) in [6, 6.07) is 14.7. The van der Waals surface area contributed by atoms with Gasteiger partial charge in [0.2, 0.25) is 5.96 Å². The first-order valence-corrected chi connectivity index (χ1v) is 11.4. The molecule has 0 radical (unpaired) electrons. The number of methoxy groups -OCH3 is 2. The Hall–Kier alpha value is -3.75. The van der Waals surface area contributed by atoms with Gasteiger partial charge >= 0.3 is 6.09 Å². The maximum absolute atomic E-state index is 13.7. The van der Waals surface area contributed by atoms with E-state index >= 15 is 0 Å². The molecule has 4 rings (SSSR count). The number of rotatable bonds is 6. The molecule has 2 aromatic carbocycles. The number of hydrogen-bond acceptors (Lipinski definition) is 7. The predicted octanol–water partition coefficient (Wildman–Crippen LogP) is 2.79. The van der Waals surface area contributed by atoms with Crippen LogP contribution in [-0.2, 0) is 16.0 Å². The number of hydrogen-bond donors (Lipinski definition) is 0. The van der Waals surface area contributed by atoms with Crippen LogP contribution in [0.5, 0.6) is 11.5 Å². The number of anilines is 1. The fourth-order valence-corrected chi connectivity index (χ4v) is 4.19. The zero-order valence-corrected chi connectivity index (χ0v) is 19.8. The van der Waals surface area contributed by atoms with Crippen molar-refractivity contribution in [1.82, 2.24) is 9.80 Å². The van der Waals surface area contributed by atoms with Crippen molar-refractivity contribution in [3.63, 3.8) is 0 Å². The number of piperazine rings is 1. The maximum Gasteiger partial charge on any atom is 0.409 e. The van der Waals surface area contributed by atoms with E-state index in [4.69, 9.17) is 19.2 Å². The van der Waals surface area contributed by atoms with E-state index in [0.29, 0.717) is 62.4 Å². The third-order valence-electron chi connectivity index (χ3n) is 5.96. The summed E-state index contributed by atoms with van der Waals surface area (Å²) in [6.07, 6.45) is 0.184. The lowest BCUT2D eigenvalue weighted by Crippen LogP contribution is -2.54. The van der Waals surface area contributed by atoms with Gasteiger partial charge in [-0.3, -0.25) is 4.79 Å². The third-order valence-corrected chi connectivity index (χ3v) is 5.96. The summed E-state index contributed by atoms with van der Waals surface area (Å²) < 4.78 is 16.1. The lowest BCUT2D eigenvalue weighted by molar-refractivity contribution is -0.118. The molecular weight excluding hydrogens is 436 g/mol. The first-order valence-electron chi connectivity index (χ1n) is 11.4. The van der Waals surface area contributed by atoms with E-state index in [1.165, 1.54) is 0 Å². The second-order valence-corrected chi connectivity index (χ2v) is 8.02. The van der Waals surface area contributed by atoms with Crippen molar-refractivity contribution >= 4 is 23.6 Å². The Balaban J connectivity index is 1.63. The number of ether oxygens (including phenoxy) is 3. The van der Waals surface area contributed by atoms with Crippen molar-refractivity contribution in [2.45, 2.75) is 19.4 Å². The van der Waals surface area contributed by atoms with Gasteiger partial charge in [0.25, 0.3) is 5.91 Å². The Kier molecular flexibility index (Phi) is 7.20. The minimum atomic E-state index is -0.549. The van der Waals surface area contributed by atoms with Crippen LogP contribution in [0.1, 0.15) is 12.5 Å². The second kappa shape index (κ2) is 10.5. The fourth-order valence-electron chi connectivity index (χ4n) is 4.19. The molecule has 2 amide bonds. The molecule has 2 heterocycles. The molecule has 0 spiro atoms. The van der Waals surface area contributed by atoms with Crippen molar-refractivity contribution in [2.75, 3.05) is 51.9 Å². The lowest BCUT2D eigenvalue weighted by Gasteiger charge is -2.37. The summed E-state index contributed by atoms with van der Waals surface area (Å²) in [6.45, 7) is 4.19. The van der Waals surface area contributed by atoms with Crippen LogP contribution in [0.25, 0.3) is 0 Å². The number of aliphatic imine (C=N–C) groups is 1. The van der Waals surface area contributed by atoms with Crippen LogP contribution < -0.4 is 14.4 Å². The van der Waals surface area contributed by atoms with Gasteiger partial charge in [0.15, 0.2) is 0 Å². The topological polar surface area (TPSA) is 83.9 Å². The molecule has 1 atom stereocenters. The van der Waals surface area contributed by atoms with Gasteiger partial charge < -0.3 is 24.0 Å². The quantitative estimate of drug-likeness (QED) is 0.651. The van der Waals surface area contributed by atoms with Gasteiger partial charge in [-0.2, -0.15) is 0 Å². The van der Waals surface area contributed by atoms with Crippen LogP contribution in [0, 0.1) is 0 Å². The van der Waals surface area contributed by atoms with E-state index in [1.807, 2.05) is 41.3 Å². The molecule has 1 saturated heterocycles. The molecule has 0 bridgehead atoms. The molecule has 9 heteroatoms. The summed E-state index contributed by atoms with van der Waals surface area (Å²) in [5, 5.41) is 0. The number of benzene rings is 2. The third kappa shape index (κ3) is 4.78. The molecule has 0 aromatic heterocycles. The number of amides is 2. The second-order valence-electron chi connectivity index (χ2n) is 8.02. The normalized spacial score (nSPS) is 18.1. The first-order chi connectivity index (χ1) is 16.5. The average molecular weight is 467 g/mol. The molecule has 2 aliphatic rings. The van der Waals surface area contributed by atoms with Crippen molar-refractivity contribution in [3.8, 4) is 11.5 Å². The van der Waals surface area contributed by atoms with Gasteiger partial charge in [0.1, 0.15) is 17.5 Å². The fraction of sp³-hybridized carbons (Fsp3) is 0.400. The van der Waals surface area contributed by atoms with Crippen LogP contribution in [0.2, 0.25) is 0 Å². The van der Waals surface area contributed by atoms with Crippen LogP contribution in [0.15, 0.2) is 53.5 Å². The van der Waals surface area contributed by atoms with Crippen molar-refractivity contribution in [3.05, 3.63) is 54.1 Å². The summed E-state index contributed by atoms with van der Waals surface area (Å²) in [5.74, 6) is 1.61. The molecule has 0 N–H and O–H groups in total. The Morgan fingerprint density at radius 1 is 1.03 bits per heavy atom. The minimum absolute atomic E-state index is 0.116. The highest BCUT2D eigenvalue weighted by molar-refractivity contribution is 6.22. The highest BCUT2D eigenvalue weighted by Gasteiger charge is 2.40. The monoisotopic (exact) mass is 466 g/mol. The van der Waals surface area contributed by atoms with Gasteiger partial charge in [0, 0.05) is 38.7 Å². The first kappa shape index (κ1) is 23.4. The van der Waals surface area contributed by atoms with Crippen molar-refractivity contribution in [2.24, 2.45) is 4.99 Å². The number of guanidine groups is 1. The zero-order valence-electron chi connectivity index (χ0n) is 19.8. The van der Waals surface area contributed by atoms with E-state index in [9.17, 15) is 9.59 Å². The molecule has 0 saturated carbocycles. The van der Waals surface area contributed by atoms with Gasteiger partial charge in [-0.1, -0.05) is 30.3 Å². The van der Waals surface area contributed by atoms with E-state index in [-0.39, 0.29) is 12.0 Å². The Morgan fingerprint density at radius 3 is 2.41 bits per heavy atom. The summed E-state index contributed by atoms with van der Waals surface area (Å²) >= 11 is 0. The molecule has 2 aromatic rings. The Labute approximate surface area is 199 Å². The van der Waals surface area contributed by atoms with E-state index in [0.717, 1.165) is 5.56 Å². The van der Waals surface area contributed by atoms with Crippen LogP contribution in [-0.4, -0.2) is 80.8 Å². The molecule has 1 fully saturated rings. The van der Waals surface area contributed by atoms with Crippen LogP contribution in [0.4, 0.5) is 10.5 Å². The number of carbonyl (C=O) groups excluding carboxylic acids is 2.